The van der Waals surface area contributed by atoms with Crippen LogP contribution in [0.1, 0.15) is 39.3 Å². The predicted molar refractivity (Wildman–Crippen MR) is 85.1 cm³/mol. The van der Waals surface area contributed by atoms with Crippen molar-refractivity contribution in [2.24, 2.45) is 5.92 Å². The second-order valence-corrected chi connectivity index (χ2v) is 6.79. The number of rotatable bonds is 5. The van der Waals surface area contributed by atoms with Gasteiger partial charge in [-0.2, -0.15) is 0 Å². The number of amides is 2. The minimum Gasteiger partial charge on any atom is -0.356 e. The zero-order chi connectivity index (χ0) is 16.2. The van der Waals surface area contributed by atoms with Crippen LogP contribution in [0.3, 0.4) is 0 Å². The molecule has 1 aromatic rings. The summed E-state index contributed by atoms with van der Waals surface area (Å²) in [6, 6.07) is 5.84. The molecule has 120 valence electrons. The number of aromatic nitrogens is 1. The first-order chi connectivity index (χ1) is 10.4. The standard InChI is InChI=1S/C17H25N3O2/c1-17(2,3)20-12-13(11-15(20)21)16(22)19-10-6-8-14-7-4-5-9-18-14/h4-5,7,9,13H,6,8,10-12H2,1-3H3,(H,19,22)/t13-/m1/s1. The maximum atomic E-state index is 12.2. The highest BCUT2D eigenvalue weighted by Crippen LogP contribution is 2.25. The second kappa shape index (κ2) is 6.90. The first kappa shape index (κ1) is 16.5. The van der Waals surface area contributed by atoms with E-state index in [-0.39, 0.29) is 23.3 Å². The third-order valence-corrected chi connectivity index (χ3v) is 3.94. The molecule has 0 aromatic carbocycles. The van der Waals surface area contributed by atoms with E-state index in [0.29, 0.717) is 19.5 Å². The molecular formula is C17H25N3O2. The maximum Gasteiger partial charge on any atom is 0.225 e. The summed E-state index contributed by atoms with van der Waals surface area (Å²) < 4.78 is 0. The van der Waals surface area contributed by atoms with Crippen molar-refractivity contribution in [3.63, 3.8) is 0 Å². The minimum absolute atomic E-state index is 0.0129. The quantitative estimate of drug-likeness (QED) is 0.843. The van der Waals surface area contributed by atoms with Gasteiger partial charge in [0.2, 0.25) is 11.8 Å². The van der Waals surface area contributed by atoms with Gasteiger partial charge in [0.1, 0.15) is 0 Å². The molecule has 22 heavy (non-hydrogen) atoms. The van der Waals surface area contributed by atoms with Gasteiger partial charge in [-0.05, 0) is 45.7 Å². The Kier molecular flexibility index (Phi) is 5.16. The van der Waals surface area contributed by atoms with Crippen molar-refractivity contribution in [3.05, 3.63) is 30.1 Å². The van der Waals surface area contributed by atoms with Gasteiger partial charge in [-0.15, -0.1) is 0 Å². The van der Waals surface area contributed by atoms with Crippen LogP contribution in [0, 0.1) is 5.92 Å². The van der Waals surface area contributed by atoms with E-state index < -0.39 is 0 Å². The smallest absolute Gasteiger partial charge is 0.225 e. The molecule has 2 amide bonds. The van der Waals surface area contributed by atoms with Crippen LogP contribution in [0.4, 0.5) is 0 Å². The lowest BCUT2D eigenvalue weighted by molar-refractivity contribution is -0.132. The molecule has 0 unspecified atom stereocenters. The topological polar surface area (TPSA) is 62.3 Å². The number of carbonyl (C=O) groups excluding carboxylic acids is 2. The van der Waals surface area contributed by atoms with E-state index in [1.54, 1.807) is 11.1 Å². The van der Waals surface area contributed by atoms with Crippen molar-refractivity contribution in [1.29, 1.82) is 0 Å². The molecule has 5 nitrogen and oxygen atoms in total. The Hall–Kier alpha value is -1.91. The zero-order valence-corrected chi connectivity index (χ0v) is 13.6. The Balaban J connectivity index is 1.73. The summed E-state index contributed by atoms with van der Waals surface area (Å²) >= 11 is 0. The molecule has 1 saturated heterocycles. The molecule has 0 radical (unpaired) electrons. The molecule has 0 bridgehead atoms. The first-order valence-electron chi connectivity index (χ1n) is 7.86. The van der Waals surface area contributed by atoms with Crippen LogP contribution in [-0.2, 0) is 16.0 Å². The van der Waals surface area contributed by atoms with Crippen molar-refractivity contribution in [1.82, 2.24) is 15.2 Å². The molecule has 1 aliphatic rings. The van der Waals surface area contributed by atoms with Crippen LogP contribution in [0.25, 0.3) is 0 Å². The van der Waals surface area contributed by atoms with Crippen molar-refractivity contribution in [2.75, 3.05) is 13.1 Å². The highest BCUT2D eigenvalue weighted by Gasteiger charge is 2.39. The molecule has 1 aliphatic heterocycles. The van der Waals surface area contributed by atoms with Gasteiger partial charge in [0.15, 0.2) is 0 Å². The number of likely N-dealkylation sites (tertiary alicyclic amines) is 1. The van der Waals surface area contributed by atoms with Gasteiger partial charge in [0.05, 0.1) is 5.92 Å². The highest BCUT2D eigenvalue weighted by molar-refractivity contribution is 5.89. The number of carbonyl (C=O) groups is 2. The summed E-state index contributed by atoms with van der Waals surface area (Å²) in [5.41, 5.74) is 0.817. The van der Waals surface area contributed by atoms with E-state index in [1.807, 2.05) is 39.0 Å². The molecule has 0 aliphatic carbocycles. The summed E-state index contributed by atoms with van der Waals surface area (Å²) in [6.45, 7) is 7.14. The molecule has 0 spiro atoms. The largest absolute Gasteiger partial charge is 0.356 e. The lowest BCUT2D eigenvalue weighted by Crippen LogP contribution is -2.43. The molecular weight excluding hydrogens is 278 g/mol. The molecule has 5 heteroatoms. The highest BCUT2D eigenvalue weighted by atomic mass is 16.2. The Labute approximate surface area is 132 Å². The van der Waals surface area contributed by atoms with Crippen LogP contribution in [0.5, 0.6) is 0 Å². The predicted octanol–water partition coefficient (Wildman–Crippen LogP) is 1.78. The third kappa shape index (κ3) is 4.29. The van der Waals surface area contributed by atoms with Crippen LogP contribution in [0.2, 0.25) is 0 Å². The van der Waals surface area contributed by atoms with Crippen LogP contribution in [0.15, 0.2) is 24.4 Å². The number of nitrogens with zero attached hydrogens (tertiary/aromatic N) is 2. The average Bonchev–Trinajstić information content (AvgIpc) is 2.87. The number of aryl methyl sites for hydroxylation is 1. The van der Waals surface area contributed by atoms with Gasteiger partial charge >= 0.3 is 0 Å². The summed E-state index contributed by atoms with van der Waals surface area (Å²) in [5.74, 6) is -0.163. The Morgan fingerprint density at radius 1 is 1.41 bits per heavy atom. The normalized spacial score (nSPS) is 18.6. The summed E-state index contributed by atoms with van der Waals surface area (Å²) in [4.78, 5) is 30.2. The van der Waals surface area contributed by atoms with E-state index in [2.05, 4.69) is 10.3 Å². The molecule has 1 N–H and O–H groups in total. The third-order valence-electron chi connectivity index (χ3n) is 3.94. The van der Waals surface area contributed by atoms with Crippen molar-refractivity contribution < 1.29 is 9.59 Å². The summed E-state index contributed by atoms with van der Waals surface area (Å²) in [5, 5.41) is 2.94. The molecule has 2 rings (SSSR count). The minimum atomic E-state index is -0.221. The maximum absolute atomic E-state index is 12.2. The lowest BCUT2D eigenvalue weighted by atomic mass is 10.1. The van der Waals surface area contributed by atoms with Gasteiger partial charge in [0.25, 0.3) is 0 Å². The fourth-order valence-electron chi connectivity index (χ4n) is 2.70. The SMILES string of the molecule is CC(C)(C)N1C[C@H](C(=O)NCCCc2ccccn2)CC1=O. The van der Waals surface area contributed by atoms with Crippen molar-refractivity contribution >= 4 is 11.8 Å². The van der Waals surface area contributed by atoms with Gasteiger partial charge < -0.3 is 10.2 Å². The Morgan fingerprint density at radius 2 is 2.18 bits per heavy atom. The second-order valence-electron chi connectivity index (χ2n) is 6.79. The monoisotopic (exact) mass is 303 g/mol. The molecule has 0 saturated carbocycles. The fourth-order valence-corrected chi connectivity index (χ4v) is 2.70. The lowest BCUT2D eigenvalue weighted by Gasteiger charge is -2.31. The van der Waals surface area contributed by atoms with E-state index in [1.165, 1.54) is 0 Å². The Bertz CT molecular complexity index is 522. The molecule has 1 atom stereocenters. The van der Waals surface area contributed by atoms with Crippen LogP contribution < -0.4 is 5.32 Å². The van der Waals surface area contributed by atoms with E-state index >= 15 is 0 Å². The number of hydrogen-bond donors (Lipinski definition) is 1. The van der Waals surface area contributed by atoms with Crippen LogP contribution >= 0.6 is 0 Å². The zero-order valence-electron chi connectivity index (χ0n) is 13.6. The van der Waals surface area contributed by atoms with E-state index in [0.717, 1.165) is 18.5 Å². The number of nitrogens with one attached hydrogen (secondary N) is 1. The van der Waals surface area contributed by atoms with Crippen molar-refractivity contribution in [2.45, 2.75) is 45.6 Å². The van der Waals surface area contributed by atoms with Gasteiger partial charge in [0, 0.05) is 36.9 Å². The van der Waals surface area contributed by atoms with E-state index in [9.17, 15) is 9.59 Å². The average molecular weight is 303 g/mol. The van der Waals surface area contributed by atoms with Gasteiger partial charge in [-0.25, -0.2) is 0 Å². The molecule has 1 aromatic heterocycles. The summed E-state index contributed by atoms with van der Waals surface area (Å²) in [6.07, 6.45) is 3.80. The first-order valence-corrected chi connectivity index (χ1v) is 7.86. The Morgan fingerprint density at radius 3 is 2.77 bits per heavy atom. The van der Waals surface area contributed by atoms with Gasteiger partial charge in [-0.3, -0.25) is 14.6 Å². The number of pyridine rings is 1. The van der Waals surface area contributed by atoms with Crippen molar-refractivity contribution in [3.8, 4) is 0 Å². The van der Waals surface area contributed by atoms with Crippen LogP contribution in [-0.4, -0.2) is 40.3 Å². The summed E-state index contributed by atoms with van der Waals surface area (Å²) in [7, 11) is 0. The fraction of sp³-hybridized carbons (Fsp3) is 0.588. The van der Waals surface area contributed by atoms with Gasteiger partial charge in [-0.1, -0.05) is 6.07 Å². The molecule has 2 heterocycles. The number of hydrogen-bond acceptors (Lipinski definition) is 3. The molecule has 1 fully saturated rings. The van der Waals surface area contributed by atoms with E-state index in [4.69, 9.17) is 0 Å².